The van der Waals surface area contributed by atoms with Crippen LogP contribution in [-0.2, 0) is 6.18 Å². The summed E-state index contributed by atoms with van der Waals surface area (Å²) in [7, 11) is 0. The van der Waals surface area contributed by atoms with Gasteiger partial charge in [0.15, 0.2) is 0 Å². The van der Waals surface area contributed by atoms with Crippen LogP contribution in [0.5, 0.6) is 0 Å². The fraction of sp³-hybridized carbons (Fsp3) is 0.0625. The molecule has 1 heterocycles. The standard InChI is InChI=1S/C16H10BrF3N2/c17-13-6-5-11(16(18,19)20)8-15(13)22-12-7-10-3-1-2-4-14(10)21-9-12/h1-9,22H. The molecule has 0 atom stereocenters. The summed E-state index contributed by atoms with van der Waals surface area (Å²) >= 11 is 3.25. The lowest BCUT2D eigenvalue weighted by atomic mass is 10.2. The maximum atomic E-state index is 12.8. The van der Waals surface area contributed by atoms with Gasteiger partial charge in [0.25, 0.3) is 0 Å². The minimum atomic E-state index is -4.38. The molecule has 0 saturated carbocycles. The van der Waals surface area contributed by atoms with E-state index in [1.807, 2.05) is 30.3 Å². The number of anilines is 2. The molecule has 0 bridgehead atoms. The molecule has 0 amide bonds. The van der Waals surface area contributed by atoms with Gasteiger partial charge in [-0.3, -0.25) is 4.98 Å². The first-order chi connectivity index (χ1) is 10.4. The summed E-state index contributed by atoms with van der Waals surface area (Å²) in [5, 5.41) is 3.88. The molecule has 6 heteroatoms. The van der Waals surface area contributed by atoms with Crippen LogP contribution >= 0.6 is 15.9 Å². The van der Waals surface area contributed by atoms with E-state index < -0.39 is 11.7 Å². The van der Waals surface area contributed by atoms with Gasteiger partial charge < -0.3 is 5.32 Å². The van der Waals surface area contributed by atoms with E-state index in [2.05, 4.69) is 26.2 Å². The predicted molar refractivity (Wildman–Crippen MR) is 84.2 cm³/mol. The van der Waals surface area contributed by atoms with Crippen LogP contribution in [0, 0.1) is 0 Å². The van der Waals surface area contributed by atoms with Crippen molar-refractivity contribution in [2.75, 3.05) is 5.32 Å². The van der Waals surface area contributed by atoms with E-state index in [0.717, 1.165) is 23.0 Å². The van der Waals surface area contributed by atoms with Crippen molar-refractivity contribution in [2.45, 2.75) is 6.18 Å². The number of nitrogens with one attached hydrogen (secondary N) is 1. The van der Waals surface area contributed by atoms with Gasteiger partial charge in [0.2, 0.25) is 0 Å². The number of fused-ring (bicyclic) bond motifs is 1. The number of alkyl halides is 3. The van der Waals surface area contributed by atoms with Crippen LogP contribution in [0.4, 0.5) is 24.5 Å². The smallest absolute Gasteiger partial charge is 0.353 e. The molecule has 22 heavy (non-hydrogen) atoms. The summed E-state index contributed by atoms with van der Waals surface area (Å²) in [6, 6.07) is 12.9. The lowest BCUT2D eigenvalue weighted by molar-refractivity contribution is -0.137. The molecule has 0 radical (unpaired) electrons. The average Bonchev–Trinajstić information content (AvgIpc) is 2.48. The van der Waals surface area contributed by atoms with E-state index in [1.54, 1.807) is 6.20 Å². The minimum absolute atomic E-state index is 0.340. The summed E-state index contributed by atoms with van der Waals surface area (Å²) in [5.74, 6) is 0. The van der Waals surface area contributed by atoms with Gasteiger partial charge >= 0.3 is 6.18 Å². The van der Waals surface area contributed by atoms with Crippen LogP contribution in [0.1, 0.15) is 5.56 Å². The van der Waals surface area contributed by atoms with Gasteiger partial charge in [0, 0.05) is 9.86 Å². The van der Waals surface area contributed by atoms with Gasteiger partial charge in [0.05, 0.1) is 28.7 Å². The van der Waals surface area contributed by atoms with Crippen molar-refractivity contribution in [1.82, 2.24) is 4.98 Å². The highest BCUT2D eigenvalue weighted by molar-refractivity contribution is 9.10. The van der Waals surface area contributed by atoms with Gasteiger partial charge in [-0.15, -0.1) is 0 Å². The third-order valence-corrected chi connectivity index (χ3v) is 3.85. The highest BCUT2D eigenvalue weighted by atomic mass is 79.9. The van der Waals surface area contributed by atoms with E-state index in [1.165, 1.54) is 6.07 Å². The third-order valence-electron chi connectivity index (χ3n) is 3.16. The Bertz CT molecular complexity index is 831. The highest BCUT2D eigenvalue weighted by Crippen LogP contribution is 2.35. The lowest BCUT2D eigenvalue weighted by Crippen LogP contribution is -2.05. The van der Waals surface area contributed by atoms with Crippen LogP contribution in [0.2, 0.25) is 0 Å². The summed E-state index contributed by atoms with van der Waals surface area (Å²) in [6.07, 6.45) is -2.78. The van der Waals surface area contributed by atoms with E-state index in [-0.39, 0.29) is 0 Å². The molecule has 0 saturated heterocycles. The summed E-state index contributed by atoms with van der Waals surface area (Å²) in [4.78, 5) is 4.28. The van der Waals surface area contributed by atoms with Crippen molar-refractivity contribution in [3.05, 3.63) is 64.8 Å². The molecule has 1 N–H and O–H groups in total. The number of aromatic nitrogens is 1. The molecule has 2 aromatic carbocycles. The monoisotopic (exact) mass is 366 g/mol. The largest absolute Gasteiger partial charge is 0.416 e. The Morgan fingerprint density at radius 2 is 1.77 bits per heavy atom. The molecular formula is C16H10BrF3N2. The molecule has 3 rings (SSSR count). The van der Waals surface area contributed by atoms with Crippen LogP contribution in [0.15, 0.2) is 59.2 Å². The second kappa shape index (κ2) is 5.61. The maximum Gasteiger partial charge on any atom is 0.416 e. The number of hydrogen-bond acceptors (Lipinski definition) is 2. The van der Waals surface area contributed by atoms with E-state index >= 15 is 0 Å². The van der Waals surface area contributed by atoms with Crippen LogP contribution in [0.25, 0.3) is 10.9 Å². The Morgan fingerprint density at radius 1 is 1.00 bits per heavy atom. The number of pyridine rings is 1. The van der Waals surface area contributed by atoms with E-state index in [9.17, 15) is 13.2 Å². The predicted octanol–water partition coefficient (Wildman–Crippen LogP) is 5.76. The summed E-state index contributed by atoms with van der Waals surface area (Å²) < 4.78 is 38.9. The van der Waals surface area contributed by atoms with Crippen LogP contribution < -0.4 is 5.32 Å². The normalized spacial score (nSPS) is 11.6. The topological polar surface area (TPSA) is 24.9 Å². The third kappa shape index (κ3) is 3.06. The van der Waals surface area contributed by atoms with Crippen molar-refractivity contribution >= 4 is 38.2 Å². The first-order valence-electron chi connectivity index (χ1n) is 6.42. The van der Waals surface area contributed by atoms with Crippen molar-refractivity contribution in [2.24, 2.45) is 0 Å². The number of para-hydroxylation sites is 1. The molecule has 0 aliphatic heterocycles. The molecule has 0 aliphatic carbocycles. The van der Waals surface area contributed by atoms with E-state index in [4.69, 9.17) is 0 Å². The minimum Gasteiger partial charge on any atom is -0.353 e. The molecule has 3 aromatic rings. The van der Waals surface area contributed by atoms with Crippen molar-refractivity contribution in [3.63, 3.8) is 0 Å². The number of benzene rings is 2. The zero-order chi connectivity index (χ0) is 15.7. The Labute approximate surface area is 133 Å². The lowest BCUT2D eigenvalue weighted by Gasteiger charge is -2.13. The Morgan fingerprint density at radius 3 is 2.55 bits per heavy atom. The van der Waals surface area contributed by atoms with Gasteiger partial charge in [0.1, 0.15) is 0 Å². The first-order valence-corrected chi connectivity index (χ1v) is 7.21. The Balaban J connectivity index is 1.97. The van der Waals surface area contributed by atoms with Gasteiger partial charge in [-0.1, -0.05) is 18.2 Å². The SMILES string of the molecule is FC(F)(F)c1ccc(Br)c(Nc2cnc3ccccc3c2)c1. The number of rotatable bonds is 2. The molecule has 0 spiro atoms. The van der Waals surface area contributed by atoms with Crippen molar-refractivity contribution in [3.8, 4) is 0 Å². The number of halogens is 4. The molecule has 1 aromatic heterocycles. The van der Waals surface area contributed by atoms with Crippen molar-refractivity contribution in [1.29, 1.82) is 0 Å². The number of nitrogens with zero attached hydrogens (tertiary/aromatic N) is 1. The average molecular weight is 367 g/mol. The van der Waals surface area contributed by atoms with Crippen LogP contribution in [0.3, 0.4) is 0 Å². The zero-order valence-electron chi connectivity index (χ0n) is 11.2. The van der Waals surface area contributed by atoms with Gasteiger partial charge in [-0.25, -0.2) is 0 Å². The second-order valence-electron chi connectivity index (χ2n) is 4.73. The molecule has 112 valence electrons. The van der Waals surface area contributed by atoms with Crippen LogP contribution in [-0.4, -0.2) is 4.98 Å². The fourth-order valence-electron chi connectivity index (χ4n) is 2.09. The number of hydrogen-bond donors (Lipinski definition) is 1. The zero-order valence-corrected chi connectivity index (χ0v) is 12.7. The Kier molecular flexibility index (Phi) is 3.78. The van der Waals surface area contributed by atoms with Crippen molar-refractivity contribution < 1.29 is 13.2 Å². The van der Waals surface area contributed by atoms with Gasteiger partial charge in [-0.05, 0) is 46.3 Å². The van der Waals surface area contributed by atoms with Gasteiger partial charge in [-0.2, -0.15) is 13.2 Å². The van der Waals surface area contributed by atoms with E-state index in [0.29, 0.717) is 15.8 Å². The highest BCUT2D eigenvalue weighted by Gasteiger charge is 2.30. The molecule has 0 unspecified atom stereocenters. The summed E-state index contributed by atoms with van der Waals surface area (Å²) in [5.41, 5.74) is 1.09. The fourth-order valence-corrected chi connectivity index (χ4v) is 2.44. The Hall–Kier alpha value is -2.08. The molecule has 0 fully saturated rings. The molecular weight excluding hydrogens is 357 g/mol. The maximum absolute atomic E-state index is 12.8. The summed E-state index contributed by atoms with van der Waals surface area (Å²) in [6.45, 7) is 0. The molecule has 2 nitrogen and oxygen atoms in total. The molecule has 0 aliphatic rings. The quantitative estimate of drug-likeness (QED) is 0.623. The first kappa shape index (κ1) is 14.8. The second-order valence-corrected chi connectivity index (χ2v) is 5.59.